The normalized spacial score (nSPS) is 27.3. The Morgan fingerprint density at radius 2 is 2.00 bits per heavy atom. The van der Waals surface area contributed by atoms with Crippen molar-refractivity contribution in [2.45, 2.75) is 31.3 Å². The van der Waals surface area contributed by atoms with Gasteiger partial charge in [-0.2, -0.15) is 0 Å². The molecule has 3 saturated heterocycles. The van der Waals surface area contributed by atoms with E-state index in [2.05, 4.69) is 0 Å². The van der Waals surface area contributed by atoms with Crippen LogP contribution in [0, 0.1) is 5.82 Å². The number of rotatable bonds is 2. The largest absolute Gasteiger partial charge is 0.369 e. The number of carbonyl (C=O) groups is 2. The highest BCUT2D eigenvalue weighted by Crippen LogP contribution is 2.33. The first-order valence-corrected chi connectivity index (χ1v) is 8.28. The maximum Gasteiger partial charge on any atom is 0.327 e. The first-order valence-electron chi connectivity index (χ1n) is 7.90. The predicted octanol–water partition coefficient (Wildman–Crippen LogP) is 2.48. The fourth-order valence-electron chi connectivity index (χ4n) is 3.85. The van der Waals surface area contributed by atoms with Crippen molar-refractivity contribution in [2.75, 3.05) is 24.5 Å². The lowest BCUT2D eigenvalue weighted by molar-refractivity contribution is -0.129. The summed E-state index contributed by atoms with van der Waals surface area (Å²) in [5, 5.41) is 0.0833. The van der Waals surface area contributed by atoms with Gasteiger partial charge in [0.2, 0.25) is 0 Å². The molecule has 0 N–H and O–H groups in total. The fraction of sp³-hybridized carbons (Fsp3) is 0.500. The van der Waals surface area contributed by atoms with Gasteiger partial charge in [0.25, 0.3) is 5.91 Å². The van der Waals surface area contributed by atoms with Gasteiger partial charge in [0.05, 0.1) is 11.1 Å². The molecule has 0 saturated carbocycles. The van der Waals surface area contributed by atoms with Crippen molar-refractivity contribution in [1.82, 2.24) is 9.80 Å². The third kappa shape index (κ3) is 2.27. The van der Waals surface area contributed by atoms with Crippen LogP contribution in [-0.4, -0.2) is 53.5 Å². The van der Waals surface area contributed by atoms with Crippen molar-refractivity contribution in [3.63, 3.8) is 0 Å². The second kappa shape index (κ2) is 5.37. The van der Waals surface area contributed by atoms with Crippen LogP contribution in [0.2, 0.25) is 5.02 Å². The maximum absolute atomic E-state index is 13.3. The summed E-state index contributed by atoms with van der Waals surface area (Å²) in [7, 11) is 0. The molecule has 3 aliphatic rings. The lowest BCUT2D eigenvalue weighted by atomic mass is 10.2. The molecule has 1 aromatic carbocycles. The van der Waals surface area contributed by atoms with Crippen LogP contribution in [0.15, 0.2) is 18.2 Å². The summed E-state index contributed by atoms with van der Waals surface area (Å²) >= 11 is 5.84. The van der Waals surface area contributed by atoms with Gasteiger partial charge in [-0.1, -0.05) is 11.6 Å². The fourth-order valence-corrected chi connectivity index (χ4v) is 4.03. The van der Waals surface area contributed by atoms with Crippen LogP contribution in [0.25, 0.3) is 0 Å². The number of carbonyl (C=O) groups excluding carboxylic acids is 2. The van der Waals surface area contributed by atoms with E-state index in [1.165, 1.54) is 11.0 Å². The van der Waals surface area contributed by atoms with E-state index in [9.17, 15) is 14.0 Å². The molecular weight excluding hydrogens is 321 g/mol. The summed E-state index contributed by atoms with van der Waals surface area (Å²) in [6, 6.07) is 4.08. The summed E-state index contributed by atoms with van der Waals surface area (Å²) in [6.45, 7) is 1.96. The Bertz CT molecular complexity index is 661. The van der Waals surface area contributed by atoms with Crippen molar-refractivity contribution in [1.29, 1.82) is 0 Å². The molecule has 3 heterocycles. The summed E-state index contributed by atoms with van der Waals surface area (Å²) in [6.07, 6.45) is 2.40. The molecular formula is C16H17ClFN3O2. The van der Waals surface area contributed by atoms with E-state index < -0.39 is 5.82 Å². The molecule has 0 aliphatic carbocycles. The van der Waals surface area contributed by atoms with Crippen LogP contribution in [0.3, 0.4) is 0 Å². The van der Waals surface area contributed by atoms with Gasteiger partial charge >= 0.3 is 6.03 Å². The van der Waals surface area contributed by atoms with E-state index in [4.69, 9.17) is 11.6 Å². The molecule has 3 aliphatic heterocycles. The van der Waals surface area contributed by atoms with E-state index in [1.54, 1.807) is 17.0 Å². The number of hydrogen-bond acceptors (Lipinski definition) is 3. The van der Waals surface area contributed by atoms with Crippen molar-refractivity contribution < 1.29 is 14.0 Å². The Balaban J connectivity index is 1.51. The summed E-state index contributed by atoms with van der Waals surface area (Å²) in [4.78, 5) is 30.1. The summed E-state index contributed by atoms with van der Waals surface area (Å²) < 4.78 is 13.3. The van der Waals surface area contributed by atoms with Crippen LogP contribution in [0.5, 0.6) is 0 Å². The summed E-state index contributed by atoms with van der Waals surface area (Å²) in [5.74, 6) is -0.506. The first-order chi connectivity index (χ1) is 11.1. The minimum atomic E-state index is -0.448. The highest BCUT2D eigenvalue weighted by molar-refractivity contribution is 6.31. The molecule has 0 bridgehead atoms. The zero-order valence-electron chi connectivity index (χ0n) is 12.5. The van der Waals surface area contributed by atoms with Crippen molar-refractivity contribution in [2.24, 2.45) is 0 Å². The molecule has 2 atom stereocenters. The minimum absolute atomic E-state index is 0.0588. The van der Waals surface area contributed by atoms with E-state index in [1.807, 2.05) is 4.90 Å². The number of benzene rings is 1. The molecule has 122 valence electrons. The number of imide groups is 1. The second-order valence-corrected chi connectivity index (χ2v) is 6.74. The van der Waals surface area contributed by atoms with Gasteiger partial charge in [0, 0.05) is 25.3 Å². The average molecular weight is 338 g/mol. The Morgan fingerprint density at radius 1 is 1.17 bits per heavy atom. The number of anilines is 1. The molecule has 0 radical (unpaired) electrons. The van der Waals surface area contributed by atoms with E-state index in [-0.39, 0.29) is 29.0 Å². The number of hydrogen-bond donors (Lipinski definition) is 0. The lowest BCUT2D eigenvalue weighted by Gasteiger charge is -2.24. The zero-order valence-corrected chi connectivity index (χ0v) is 13.3. The monoisotopic (exact) mass is 337 g/mol. The number of fused-ring (bicyclic) bond motifs is 1. The van der Waals surface area contributed by atoms with Gasteiger partial charge in [-0.05, 0) is 37.5 Å². The topological polar surface area (TPSA) is 43.9 Å². The van der Waals surface area contributed by atoms with Crippen molar-refractivity contribution >= 4 is 29.2 Å². The average Bonchev–Trinajstić information content (AvgIpc) is 3.22. The molecule has 0 spiro atoms. The molecule has 0 aromatic heterocycles. The van der Waals surface area contributed by atoms with Gasteiger partial charge in [-0.25, -0.2) is 9.18 Å². The quantitative estimate of drug-likeness (QED) is 0.779. The predicted molar refractivity (Wildman–Crippen MR) is 84.0 cm³/mol. The maximum atomic E-state index is 13.3. The third-order valence-electron chi connectivity index (χ3n) is 5.02. The molecule has 7 heteroatoms. The summed E-state index contributed by atoms with van der Waals surface area (Å²) in [5.41, 5.74) is 0.818. The van der Waals surface area contributed by atoms with E-state index in [0.29, 0.717) is 19.6 Å². The van der Waals surface area contributed by atoms with Crippen molar-refractivity contribution in [3.05, 3.63) is 29.0 Å². The molecule has 4 rings (SSSR count). The molecule has 5 nitrogen and oxygen atoms in total. The van der Waals surface area contributed by atoms with E-state index in [0.717, 1.165) is 24.9 Å². The van der Waals surface area contributed by atoms with Gasteiger partial charge < -0.3 is 9.80 Å². The molecule has 3 amide bonds. The van der Waals surface area contributed by atoms with Crippen LogP contribution < -0.4 is 4.90 Å². The third-order valence-corrected chi connectivity index (χ3v) is 5.31. The van der Waals surface area contributed by atoms with Crippen LogP contribution in [0.4, 0.5) is 14.9 Å². The molecule has 1 unspecified atom stereocenters. The second-order valence-electron chi connectivity index (χ2n) is 6.33. The lowest BCUT2D eigenvalue weighted by Crippen LogP contribution is -2.43. The zero-order chi connectivity index (χ0) is 16.1. The van der Waals surface area contributed by atoms with Crippen LogP contribution in [-0.2, 0) is 4.79 Å². The Labute approximate surface area is 138 Å². The Kier molecular flexibility index (Phi) is 3.44. The van der Waals surface area contributed by atoms with E-state index >= 15 is 0 Å². The van der Waals surface area contributed by atoms with Gasteiger partial charge in [-0.15, -0.1) is 0 Å². The van der Waals surface area contributed by atoms with Crippen LogP contribution >= 0.6 is 11.6 Å². The number of amides is 3. The van der Waals surface area contributed by atoms with Gasteiger partial charge in [0.1, 0.15) is 11.9 Å². The number of halogens is 2. The Morgan fingerprint density at radius 3 is 2.74 bits per heavy atom. The SMILES string of the molecule is O=C1[C@H]2CCCN2C(=O)N1C1CCN(c2ccc(F)c(Cl)c2)C1. The first kappa shape index (κ1) is 14.8. The molecule has 23 heavy (non-hydrogen) atoms. The van der Waals surface area contributed by atoms with Crippen molar-refractivity contribution in [3.8, 4) is 0 Å². The highest BCUT2D eigenvalue weighted by Gasteiger charge is 2.50. The van der Waals surface area contributed by atoms with Crippen LogP contribution in [0.1, 0.15) is 19.3 Å². The molecule has 1 aromatic rings. The number of urea groups is 1. The highest BCUT2D eigenvalue weighted by atomic mass is 35.5. The van der Waals surface area contributed by atoms with Gasteiger partial charge in [0.15, 0.2) is 0 Å². The minimum Gasteiger partial charge on any atom is -0.369 e. The Hall–Kier alpha value is -1.82. The van der Waals surface area contributed by atoms with Gasteiger partial charge in [-0.3, -0.25) is 9.69 Å². The molecule has 3 fully saturated rings. The smallest absolute Gasteiger partial charge is 0.327 e. The standard InChI is InChI=1S/C16H17ClFN3O2/c17-12-8-10(3-4-13(12)18)19-7-5-11(9-19)21-15(22)14-2-1-6-20(14)16(21)23/h3-4,8,11,14H,1-2,5-7,9H2/t11?,14-/m1/s1. The number of nitrogens with zero attached hydrogens (tertiary/aromatic N) is 3.